The molecule has 0 fully saturated rings. The van der Waals surface area contributed by atoms with Gasteiger partial charge in [0.2, 0.25) is 10.0 Å². The normalized spacial score (nSPS) is 14.0. The van der Waals surface area contributed by atoms with Crippen LogP contribution in [0.5, 0.6) is 0 Å². The van der Waals surface area contributed by atoms with Gasteiger partial charge >= 0.3 is 0 Å². The number of nitrogens with zero attached hydrogens (tertiary/aromatic N) is 1. The molecule has 25 heavy (non-hydrogen) atoms. The van der Waals surface area contributed by atoms with Gasteiger partial charge in [0.15, 0.2) is 9.84 Å². The van der Waals surface area contributed by atoms with Crippen LogP contribution >= 0.6 is 0 Å². The Morgan fingerprint density at radius 2 is 1.28 bits per heavy atom. The third kappa shape index (κ3) is 4.29. The maximum absolute atomic E-state index is 13.0. The fourth-order valence-electron chi connectivity index (χ4n) is 2.84. The first kappa shape index (κ1) is 19.6. The first-order valence-electron chi connectivity index (χ1n) is 7.88. The van der Waals surface area contributed by atoms with Crippen LogP contribution in [0.1, 0.15) is 25.5 Å². The van der Waals surface area contributed by atoms with E-state index in [0.29, 0.717) is 0 Å². The first-order valence-corrected chi connectivity index (χ1v) is 11.2. The maximum atomic E-state index is 13.0. The Labute approximate surface area is 150 Å². The van der Waals surface area contributed by atoms with Gasteiger partial charge in [0, 0.05) is 13.3 Å². The Morgan fingerprint density at radius 3 is 1.72 bits per heavy atom. The van der Waals surface area contributed by atoms with E-state index in [-0.39, 0.29) is 21.8 Å². The van der Waals surface area contributed by atoms with Gasteiger partial charge in [-0.2, -0.15) is 4.31 Å². The SMILES string of the molecule is CC(C)C(c1ccccc1)N(C)S(=O)(=O)c1ccc(S(C)(=O)=O)cc1. The van der Waals surface area contributed by atoms with Crippen molar-refractivity contribution in [1.82, 2.24) is 4.31 Å². The quantitative estimate of drug-likeness (QED) is 0.771. The fourth-order valence-corrected chi connectivity index (χ4v) is 4.95. The summed E-state index contributed by atoms with van der Waals surface area (Å²) >= 11 is 0. The highest BCUT2D eigenvalue weighted by Gasteiger charge is 2.31. The molecule has 136 valence electrons. The lowest BCUT2D eigenvalue weighted by Gasteiger charge is -2.31. The number of sulfone groups is 1. The van der Waals surface area contributed by atoms with E-state index in [0.717, 1.165) is 11.8 Å². The van der Waals surface area contributed by atoms with Crippen molar-refractivity contribution in [3.63, 3.8) is 0 Å². The zero-order valence-electron chi connectivity index (χ0n) is 14.7. The third-order valence-corrected chi connectivity index (χ3v) is 7.07. The molecule has 2 aromatic rings. The maximum Gasteiger partial charge on any atom is 0.243 e. The van der Waals surface area contributed by atoms with Crippen molar-refractivity contribution in [2.24, 2.45) is 5.92 Å². The van der Waals surface area contributed by atoms with Crippen molar-refractivity contribution in [2.45, 2.75) is 29.7 Å². The lowest BCUT2D eigenvalue weighted by Crippen LogP contribution is -2.34. The summed E-state index contributed by atoms with van der Waals surface area (Å²) < 4.78 is 50.4. The molecule has 1 unspecified atom stereocenters. The molecule has 0 aromatic heterocycles. The average molecular weight is 382 g/mol. The summed E-state index contributed by atoms with van der Waals surface area (Å²) in [4.78, 5) is 0.168. The van der Waals surface area contributed by atoms with Gasteiger partial charge in [-0.3, -0.25) is 0 Å². The van der Waals surface area contributed by atoms with Gasteiger partial charge in [0.1, 0.15) is 0 Å². The molecule has 0 spiro atoms. The van der Waals surface area contributed by atoms with Crippen LogP contribution in [0.15, 0.2) is 64.4 Å². The standard InChI is InChI=1S/C18H23NO4S2/c1-14(2)18(15-8-6-5-7-9-15)19(3)25(22,23)17-12-10-16(11-13-17)24(4,20)21/h5-14,18H,1-4H3. The third-order valence-electron chi connectivity index (χ3n) is 4.09. The van der Waals surface area contributed by atoms with Crippen LogP contribution in [-0.4, -0.2) is 34.4 Å². The van der Waals surface area contributed by atoms with Crippen molar-refractivity contribution in [3.8, 4) is 0 Å². The second kappa shape index (κ2) is 7.27. The molecule has 0 aliphatic rings. The summed E-state index contributed by atoms with van der Waals surface area (Å²) in [5, 5.41) is 0. The van der Waals surface area contributed by atoms with Crippen LogP contribution in [-0.2, 0) is 19.9 Å². The van der Waals surface area contributed by atoms with E-state index in [1.54, 1.807) is 7.05 Å². The highest BCUT2D eigenvalue weighted by atomic mass is 32.2. The smallest absolute Gasteiger partial charge is 0.224 e. The summed E-state index contributed by atoms with van der Waals surface area (Å²) in [6, 6.07) is 14.5. The first-order chi connectivity index (χ1) is 11.5. The molecule has 5 nitrogen and oxygen atoms in total. The average Bonchev–Trinajstić information content (AvgIpc) is 2.55. The van der Waals surface area contributed by atoms with Crippen LogP contribution in [0, 0.1) is 5.92 Å². The molecule has 0 saturated heterocycles. The van der Waals surface area contributed by atoms with Crippen LogP contribution in [0.3, 0.4) is 0 Å². The second-order valence-electron chi connectivity index (χ2n) is 6.36. The van der Waals surface area contributed by atoms with E-state index in [2.05, 4.69) is 0 Å². The molecular weight excluding hydrogens is 358 g/mol. The molecule has 0 N–H and O–H groups in total. The summed E-state index contributed by atoms with van der Waals surface area (Å²) in [5.41, 5.74) is 0.913. The van der Waals surface area contributed by atoms with Crippen LogP contribution in [0.4, 0.5) is 0 Å². The molecular formula is C18H23NO4S2. The van der Waals surface area contributed by atoms with Crippen molar-refractivity contribution in [1.29, 1.82) is 0 Å². The zero-order chi connectivity index (χ0) is 18.8. The van der Waals surface area contributed by atoms with E-state index in [1.807, 2.05) is 44.2 Å². The predicted octanol–water partition coefficient (Wildman–Crippen LogP) is 3.11. The van der Waals surface area contributed by atoms with Crippen LogP contribution in [0.25, 0.3) is 0 Å². The highest BCUT2D eigenvalue weighted by molar-refractivity contribution is 7.90. The number of sulfonamides is 1. The van der Waals surface area contributed by atoms with Gasteiger partial charge in [-0.05, 0) is 35.7 Å². The van der Waals surface area contributed by atoms with Gasteiger partial charge in [0.05, 0.1) is 15.8 Å². The molecule has 0 saturated carbocycles. The molecule has 0 radical (unpaired) electrons. The second-order valence-corrected chi connectivity index (χ2v) is 10.4. The van der Waals surface area contributed by atoms with Gasteiger partial charge in [-0.15, -0.1) is 0 Å². The Morgan fingerprint density at radius 1 is 0.800 bits per heavy atom. The minimum absolute atomic E-state index is 0.0671. The van der Waals surface area contributed by atoms with E-state index in [9.17, 15) is 16.8 Å². The van der Waals surface area contributed by atoms with Crippen LogP contribution in [0.2, 0.25) is 0 Å². The van der Waals surface area contributed by atoms with Crippen molar-refractivity contribution >= 4 is 19.9 Å². The summed E-state index contributed by atoms with van der Waals surface area (Å²) in [6.07, 6.45) is 1.09. The minimum atomic E-state index is -3.76. The van der Waals surface area contributed by atoms with Crippen LogP contribution < -0.4 is 0 Å². The zero-order valence-corrected chi connectivity index (χ0v) is 16.4. The lowest BCUT2D eigenvalue weighted by molar-refractivity contribution is 0.300. The molecule has 0 bridgehead atoms. The number of rotatable bonds is 6. The molecule has 0 aliphatic heterocycles. The van der Waals surface area contributed by atoms with E-state index in [1.165, 1.54) is 28.6 Å². The van der Waals surface area contributed by atoms with Gasteiger partial charge in [0.25, 0.3) is 0 Å². The van der Waals surface area contributed by atoms with E-state index < -0.39 is 19.9 Å². The molecule has 2 aromatic carbocycles. The Kier molecular flexibility index (Phi) is 5.71. The summed E-state index contributed by atoms with van der Waals surface area (Å²) in [5.74, 6) is 0.0671. The highest BCUT2D eigenvalue weighted by Crippen LogP contribution is 2.32. The molecule has 1 atom stereocenters. The van der Waals surface area contributed by atoms with Crippen molar-refractivity contribution < 1.29 is 16.8 Å². The minimum Gasteiger partial charge on any atom is -0.224 e. The number of hydrogen-bond donors (Lipinski definition) is 0. The summed E-state index contributed by atoms with van der Waals surface area (Å²) in [6.45, 7) is 3.94. The van der Waals surface area contributed by atoms with Gasteiger partial charge in [-0.25, -0.2) is 16.8 Å². The lowest BCUT2D eigenvalue weighted by atomic mass is 9.96. The monoisotopic (exact) mass is 381 g/mol. The Hall–Kier alpha value is -1.70. The number of hydrogen-bond acceptors (Lipinski definition) is 4. The molecule has 2 rings (SSSR count). The van der Waals surface area contributed by atoms with Crippen molar-refractivity contribution in [3.05, 3.63) is 60.2 Å². The van der Waals surface area contributed by atoms with E-state index >= 15 is 0 Å². The molecule has 0 aliphatic carbocycles. The molecule has 7 heteroatoms. The summed E-state index contributed by atoms with van der Waals surface area (Å²) in [7, 11) is -5.57. The Balaban J connectivity index is 2.43. The van der Waals surface area contributed by atoms with Gasteiger partial charge in [-0.1, -0.05) is 44.2 Å². The topological polar surface area (TPSA) is 71.5 Å². The molecule has 0 amide bonds. The Bertz CT molecular complexity index is 919. The fraction of sp³-hybridized carbons (Fsp3) is 0.333. The van der Waals surface area contributed by atoms with Gasteiger partial charge < -0.3 is 0 Å². The predicted molar refractivity (Wildman–Crippen MR) is 98.5 cm³/mol. The molecule has 0 heterocycles. The number of benzene rings is 2. The van der Waals surface area contributed by atoms with E-state index in [4.69, 9.17) is 0 Å². The largest absolute Gasteiger partial charge is 0.243 e. The van der Waals surface area contributed by atoms with Crippen molar-refractivity contribution in [2.75, 3.05) is 13.3 Å².